The summed E-state index contributed by atoms with van der Waals surface area (Å²) in [6.45, 7) is 0.880. The lowest BCUT2D eigenvalue weighted by Gasteiger charge is -2.37. The second-order valence-electron chi connectivity index (χ2n) is 5.53. The number of aliphatic hydroxyl groups excluding tert-OH is 1. The number of rotatable bonds is 2. The van der Waals surface area contributed by atoms with Gasteiger partial charge in [0.25, 0.3) is 0 Å². The van der Waals surface area contributed by atoms with Gasteiger partial charge in [-0.3, -0.25) is 4.90 Å². The summed E-state index contributed by atoms with van der Waals surface area (Å²) < 4.78 is 0. The first kappa shape index (κ1) is 12.3. The molecule has 2 heterocycles. The molecular formula is C14H19ClN2O. The molecule has 3 N–H and O–H groups in total. The lowest BCUT2D eigenvalue weighted by Crippen LogP contribution is -2.44. The Balaban J connectivity index is 1.77. The SMILES string of the molecule is Nc1cc(Cl)ccc1CN1C2CCC1CC(O)C2. The van der Waals surface area contributed by atoms with E-state index < -0.39 is 0 Å². The van der Waals surface area contributed by atoms with Crippen LogP contribution < -0.4 is 5.73 Å². The van der Waals surface area contributed by atoms with Gasteiger partial charge in [-0.1, -0.05) is 17.7 Å². The zero-order valence-corrected chi connectivity index (χ0v) is 11.1. The first-order chi connectivity index (χ1) is 8.63. The number of aliphatic hydroxyl groups is 1. The van der Waals surface area contributed by atoms with E-state index in [2.05, 4.69) is 4.90 Å². The van der Waals surface area contributed by atoms with Crippen molar-refractivity contribution in [2.45, 2.75) is 50.4 Å². The van der Waals surface area contributed by atoms with E-state index in [1.165, 1.54) is 12.8 Å². The van der Waals surface area contributed by atoms with Crippen molar-refractivity contribution in [1.82, 2.24) is 4.90 Å². The fourth-order valence-corrected chi connectivity index (χ4v) is 3.59. The minimum absolute atomic E-state index is 0.110. The van der Waals surface area contributed by atoms with E-state index in [1.807, 2.05) is 18.2 Å². The Bertz CT molecular complexity index is 437. The molecule has 3 nitrogen and oxygen atoms in total. The van der Waals surface area contributed by atoms with Gasteiger partial charge in [0.05, 0.1) is 6.10 Å². The van der Waals surface area contributed by atoms with E-state index in [1.54, 1.807) is 0 Å². The normalized spacial score (nSPS) is 31.8. The number of hydrogen-bond donors (Lipinski definition) is 2. The van der Waals surface area contributed by atoms with Crippen molar-refractivity contribution in [2.75, 3.05) is 5.73 Å². The lowest BCUT2D eigenvalue weighted by molar-refractivity contribution is 0.0311. The van der Waals surface area contributed by atoms with Crippen molar-refractivity contribution in [3.63, 3.8) is 0 Å². The Kier molecular flexibility index (Phi) is 3.22. The summed E-state index contributed by atoms with van der Waals surface area (Å²) in [7, 11) is 0. The second kappa shape index (κ2) is 4.72. The Hall–Kier alpha value is -0.770. The predicted molar refractivity (Wildman–Crippen MR) is 73.5 cm³/mol. The second-order valence-corrected chi connectivity index (χ2v) is 5.96. The third-order valence-electron chi connectivity index (χ3n) is 4.32. The Morgan fingerprint density at radius 3 is 2.56 bits per heavy atom. The summed E-state index contributed by atoms with van der Waals surface area (Å²) in [6, 6.07) is 6.77. The number of nitrogens with zero attached hydrogens (tertiary/aromatic N) is 1. The molecule has 0 aromatic heterocycles. The molecule has 98 valence electrons. The first-order valence-electron chi connectivity index (χ1n) is 6.61. The van der Waals surface area contributed by atoms with Crippen LogP contribution in [0.3, 0.4) is 0 Å². The molecule has 0 aliphatic carbocycles. The van der Waals surface area contributed by atoms with E-state index in [0.29, 0.717) is 17.1 Å². The predicted octanol–water partition coefficient (Wildman–Crippen LogP) is 2.41. The van der Waals surface area contributed by atoms with E-state index >= 15 is 0 Å². The number of fused-ring (bicyclic) bond motifs is 2. The molecule has 2 atom stereocenters. The van der Waals surface area contributed by atoms with Crippen LogP contribution in [-0.2, 0) is 6.54 Å². The monoisotopic (exact) mass is 266 g/mol. The number of benzene rings is 1. The van der Waals surface area contributed by atoms with Crippen molar-refractivity contribution < 1.29 is 5.11 Å². The maximum atomic E-state index is 9.80. The molecule has 4 heteroatoms. The van der Waals surface area contributed by atoms with Gasteiger partial charge < -0.3 is 10.8 Å². The average Bonchev–Trinajstić information content (AvgIpc) is 2.56. The van der Waals surface area contributed by atoms with Gasteiger partial charge in [-0.2, -0.15) is 0 Å². The van der Waals surface area contributed by atoms with Crippen LogP contribution >= 0.6 is 11.6 Å². The number of nitrogens with two attached hydrogens (primary N) is 1. The van der Waals surface area contributed by atoms with Gasteiger partial charge in [-0.25, -0.2) is 0 Å². The average molecular weight is 267 g/mol. The fourth-order valence-electron chi connectivity index (χ4n) is 3.41. The van der Waals surface area contributed by atoms with Gasteiger partial charge in [-0.05, 0) is 43.4 Å². The van der Waals surface area contributed by atoms with Gasteiger partial charge in [0, 0.05) is 29.3 Å². The van der Waals surface area contributed by atoms with Crippen molar-refractivity contribution in [3.8, 4) is 0 Å². The minimum Gasteiger partial charge on any atom is -0.398 e. The Morgan fingerprint density at radius 1 is 1.28 bits per heavy atom. The van der Waals surface area contributed by atoms with Gasteiger partial charge >= 0.3 is 0 Å². The number of hydrogen-bond acceptors (Lipinski definition) is 3. The number of piperidine rings is 1. The molecule has 2 fully saturated rings. The molecule has 2 aliphatic rings. The van der Waals surface area contributed by atoms with E-state index in [9.17, 15) is 5.11 Å². The van der Waals surface area contributed by atoms with Crippen molar-refractivity contribution in [3.05, 3.63) is 28.8 Å². The van der Waals surface area contributed by atoms with Gasteiger partial charge in [0.2, 0.25) is 0 Å². The molecule has 1 aromatic carbocycles. The number of anilines is 1. The molecule has 0 radical (unpaired) electrons. The molecule has 2 saturated heterocycles. The van der Waals surface area contributed by atoms with Crippen LogP contribution in [0.25, 0.3) is 0 Å². The highest BCUT2D eigenvalue weighted by Crippen LogP contribution is 2.37. The zero-order valence-electron chi connectivity index (χ0n) is 10.3. The summed E-state index contributed by atoms with van der Waals surface area (Å²) >= 11 is 5.92. The Labute approximate surface area is 113 Å². The van der Waals surface area contributed by atoms with Crippen LogP contribution in [0.2, 0.25) is 5.02 Å². The van der Waals surface area contributed by atoms with Crippen LogP contribution in [0.1, 0.15) is 31.2 Å². The summed E-state index contributed by atoms with van der Waals surface area (Å²) in [5, 5.41) is 10.5. The fraction of sp³-hybridized carbons (Fsp3) is 0.571. The van der Waals surface area contributed by atoms with Gasteiger partial charge in [0.15, 0.2) is 0 Å². The summed E-state index contributed by atoms with van der Waals surface area (Å²) in [5.41, 5.74) is 7.93. The van der Waals surface area contributed by atoms with Gasteiger partial charge in [-0.15, -0.1) is 0 Å². The first-order valence-corrected chi connectivity index (χ1v) is 6.99. The standard InChI is InChI=1S/C14H19ClN2O/c15-10-2-1-9(14(16)5-10)8-17-11-3-4-12(17)7-13(18)6-11/h1-2,5,11-13,18H,3-4,6-8,16H2. The quantitative estimate of drug-likeness (QED) is 0.809. The maximum Gasteiger partial charge on any atom is 0.0570 e. The number of nitrogen functional groups attached to an aromatic ring is 1. The highest BCUT2D eigenvalue weighted by molar-refractivity contribution is 6.30. The van der Waals surface area contributed by atoms with Crippen LogP contribution in [0.5, 0.6) is 0 Å². The largest absolute Gasteiger partial charge is 0.398 e. The Morgan fingerprint density at radius 2 is 1.94 bits per heavy atom. The lowest BCUT2D eigenvalue weighted by atomic mass is 9.99. The van der Waals surface area contributed by atoms with Crippen LogP contribution in [0.15, 0.2) is 18.2 Å². The molecule has 1 aromatic rings. The molecule has 2 aliphatic heterocycles. The molecular weight excluding hydrogens is 248 g/mol. The van der Waals surface area contributed by atoms with Crippen LogP contribution in [0.4, 0.5) is 5.69 Å². The number of halogens is 1. The van der Waals surface area contributed by atoms with E-state index in [0.717, 1.165) is 30.6 Å². The van der Waals surface area contributed by atoms with E-state index in [-0.39, 0.29) is 6.10 Å². The molecule has 0 spiro atoms. The van der Waals surface area contributed by atoms with Crippen LogP contribution in [-0.4, -0.2) is 28.2 Å². The van der Waals surface area contributed by atoms with E-state index in [4.69, 9.17) is 17.3 Å². The third kappa shape index (κ3) is 2.22. The topological polar surface area (TPSA) is 49.5 Å². The highest BCUT2D eigenvalue weighted by Gasteiger charge is 2.39. The molecule has 3 rings (SSSR count). The molecule has 2 unspecified atom stereocenters. The van der Waals surface area contributed by atoms with Crippen molar-refractivity contribution in [1.29, 1.82) is 0 Å². The maximum absolute atomic E-state index is 9.80. The summed E-state index contributed by atoms with van der Waals surface area (Å²) in [6.07, 6.45) is 4.11. The third-order valence-corrected chi connectivity index (χ3v) is 4.56. The zero-order chi connectivity index (χ0) is 12.7. The smallest absolute Gasteiger partial charge is 0.0570 e. The molecule has 0 saturated carbocycles. The molecule has 2 bridgehead atoms. The van der Waals surface area contributed by atoms with Crippen molar-refractivity contribution in [2.24, 2.45) is 0 Å². The molecule has 0 amide bonds. The molecule has 18 heavy (non-hydrogen) atoms. The minimum atomic E-state index is -0.110. The van der Waals surface area contributed by atoms with Gasteiger partial charge in [0.1, 0.15) is 0 Å². The summed E-state index contributed by atoms with van der Waals surface area (Å²) in [5.74, 6) is 0. The highest BCUT2D eigenvalue weighted by atomic mass is 35.5. The van der Waals surface area contributed by atoms with Crippen LogP contribution in [0, 0.1) is 0 Å². The van der Waals surface area contributed by atoms with Crippen molar-refractivity contribution >= 4 is 17.3 Å². The summed E-state index contributed by atoms with van der Waals surface area (Å²) in [4.78, 5) is 2.51.